The van der Waals surface area contributed by atoms with Crippen LogP contribution < -0.4 is 4.50 Å². The average molecular weight is 528 g/mol. The number of aryl methyl sites for hydroxylation is 1. The number of aromatic nitrogens is 1. The van der Waals surface area contributed by atoms with E-state index in [0.717, 1.165) is 16.6 Å². The van der Waals surface area contributed by atoms with Crippen molar-refractivity contribution in [3.05, 3.63) is 59.8 Å². The molecule has 0 N–H and O–H groups in total. The van der Waals surface area contributed by atoms with E-state index < -0.39 is 8.07 Å². The number of thiophene rings is 1. The molecule has 0 spiro atoms. The smallest absolute Gasteiger partial charge is 0.108 e. The Bertz CT molecular complexity index is 1410. The summed E-state index contributed by atoms with van der Waals surface area (Å²) in [6, 6.07) is 16.0. The Labute approximate surface area is 229 Å². The maximum atomic E-state index is 5.07. The molecule has 2 heterocycles. The molecule has 0 saturated heterocycles. The third kappa shape index (κ3) is 4.40. The topological polar surface area (TPSA) is 12.9 Å². The highest BCUT2D eigenvalue weighted by Gasteiger charge is 2.50. The van der Waals surface area contributed by atoms with Crippen molar-refractivity contribution in [1.29, 1.82) is 0 Å². The zero-order valence-electron chi connectivity index (χ0n) is 24.2. The van der Waals surface area contributed by atoms with Gasteiger partial charge in [-0.3, -0.25) is 4.98 Å². The van der Waals surface area contributed by atoms with Crippen LogP contribution in [0.5, 0.6) is 0 Å². The third-order valence-corrected chi connectivity index (χ3v) is 18.8. The van der Waals surface area contributed by atoms with Gasteiger partial charge in [-0.2, -0.15) is 0 Å². The molecule has 2 aromatic carbocycles. The van der Waals surface area contributed by atoms with Gasteiger partial charge >= 0.3 is 0 Å². The van der Waals surface area contributed by atoms with Crippen LogP contribution in [-0.2, 0) is 5.41 Å². The van der Waals surface area contributed by atoms with Crippen molar-refractivity contribution in [3.63, 3.8) is 0 Å². The highest BCUT2D eigenvalue weighted by Crippen LogP contribution is 2.51. The lowest BCUT2D eigenvalue weighted by molar-refractivity contribution is 0.484. The second-order valence-corrected chi connectivity index (χ2v) is 20.0. The molecule has 1 saturated carbocycles. The van der Waals surface area contributed by atoms with Crippen molar-refractivity contribution in [2.75, 3.05) is 0 Å². The van der Waals surface area contributed by atoms with Gasteiger partial charge in [0.25, 0.3) is 0 Å². The quantitative estimate of drug-likeness (QED) is 0.235. The van der Waals surface area contributed by atoms with Gasteiger partial charge < -0.3 is 0 Å². The monoisotopic (exact) mass is 527 g/mol. The Kier molecular flexibility index (Phi) is 7.17. The van der Waals surface area contributed by atoms with E-state index in [-0.39, 0.29) is 5.41 Å². The van der Waals surface area contributed by atoms with Crippen LogP contribution in [0.3, 0.4) is 0 Å². The van der Waals surface area contributed by atoms with Gasteiger partial charge in [-0.15, -0.1) is 11.3 Å². The fourth-order valence-corrected chi connectivity index (χ4v) is 18.5. The highest BCUT2D eigenvalue weighted by atomic mass is 32.1. The van der Waals surface area contributed by atoms with Crippen LogP contribution in [0.1, 0.15) is 91.7 Å². The number of pyridine rings is 1. The number of hydrogen-bond donors (Lipinski definition) is 0. The predicted molar refractivity (Wildman–Crippen MR) is 168 cm³/mol. The molecule has 1 nitrogen and oxygen atoms in total. The predicted octanol–water partition coefficient (Wildman–Crippen LogP) is 10.5. The van der Waals surface area contributed by atoms with Gasteiger partial charge in [-0.1, -0.05) is 105 Å². The van der Waals surface area contributed by atoms with Gasteiger partial charge in [0.05, 0.1) is 10.4 Å². The minimum absolute atomic E-state index is 0.0678. The molecule has 0 unspecified atom stereocenters. The molecular formula is C34H45NSSi. The Balaban J connectivity index is 1.77. The molecule has 0 bridgehead atoms. The zero-order chi connectivity index (χ0) is 26.5. The summed E-state index contributed by atoms with van der Waals surface area (Å²) in [5.74, 6) is 0. The minimum Gasteiger partial charge on any atom is -0.255 e. The molecule has 3 heteroatoms. The molecule has 5 rings (SSSR count). The minimum atomic E-state index is -1.77. The molecule has 2 aromatic heterocycles. The summed E-state index contributed by atoms with van der Waals surface area (Å²) in [6.45, 7) is 19.6. The summed E-state index contributed by atoms with van der Waals surface area (Å²) in [6.07, 6.45) is 9.18. The Morgan fingerprint density at radius 2 is 1.57 bits per heavy atom. The zero-order valence-corrected chi connectivity index (χ0v) is 26.1. The Morgan fingerprint density at radius 3 is 2.22 bits per heavy atom. The second kappa shape index (κ2) is 9.97. The first-order valence-corrected chi connectivity index (χ1v) is 17.5. The van der Waals surface area contributed by atoms with Crippen molar-refractivity contribution >= 4 is 44.8 Å². The maximum absolute atomic E-state index is 5.07. The molecule has 1 aliphatic carbocycles. The first-order chi connectivity index (χ1) is 17.6. The summed E-state index contributed by atoms with van der Waals surface area (Å²) in [4.78, 5) is 5.07. The van der Waals surface area contributed by atoms with E-state index in [9.17, 15) is 0 Å². The number of fused-ring (bicyclic) bond motifs is 2. The highest BCUT2D eigenvalue weighted by molar-refractivity contribution is 7.33. The molecule has 37 heavy (non-hydrogen) atoms. The van der Waals surface area contributed by atoms with Crippen LogP contribution in [0, 0.1) is 6.92 Å². The van der Waals surface area contributed by atoms with E-state index in [1.54, 1.807) is 10.1 Å². The van der Waals surface area contributed by atoms with E-state index in [0.29, 0.717) is 0 Å². The van der Waals surface area contributed by atoms with E-state index in [2.05, 4.69) is 115 Å². The lowest BCUT2D eigenvalue weighted by Gasteiger charge is -2.47. The lowest BCUT2D eigenvalue weighted by atomic mass is 9.82. The molecule has 4 aromatic rings. The first kappa shape index (κ1) is 26.6. The van der Waals surface area contributed by atoms with Gasteiger partial charge in [-0.05, 0) is 78.9 Å². The van der Waals surface area contributed by atoms with Crippen molar-refractivity contribution in [3.8, 4) is 11.3 Å². The summed E-state index contributed by atoms with van der Waals surface area (Å²) in [7, 11) is -1.77. The first-order valence-electron chi connectivity index (χ1n) is 14.5. The van der Waals surface area contributed by atoms with Crippen LogP contribution in [-0.4, -0.2) is 13.1 Å². The molecule has 0 atom stereocenters. The van der Waals surface area contributed by atoms with Crippen molar-refractivity contribution < 1.29 is 0 Å². The molecular weight excluding hydrogens is 483 g/mol. The second-order valence-electron chi connectivity index (χ2n) is 13.2. The Morgan fingerprint density at radius 1 is 0.892 bits per heavy atom. The van der Waals surface area contributed by atoms with Crippen LogP contribution in [0.2, 0.25) is 16.6 Å². The molecule has 1 aliphatic rings. The average Bonchev–Trinajstić information content (AvgIpc) is 3.20. The molecule has 0 radical (unpaired) electrons. The fraction of sp³-hybridized carbons (Fsp3) is 0.500. The lowest BCUT2D eigenvalue weighted by Crippen LogP contribution is -2.57. The third-order valence-electron chi connectivity index (χ3n) is 9.38. The van der Waals surface area contributed by atoms with E-state index in [4.69, 9.17) is 4.98 Å². The van der Waals surface area contributed by atoms with E-state index >= 15 is 0 Å². The normalized spacial score (nSPS) is 15.9. The van der Waals surface area contributed by atoms with Crippen molar-refractivity contribution in [1.82, 2.24) is 4.98 Å². The van der Waals surface area contributed by atoms with Gasteiger partial charge in [0.15, 0.2) is 0 Å². The summed E-state index contributed by atoms with van der Waals surface area (Å²) in [5.41, 5.74) is 7.85. The van der Waals surface area contributed by atoms with Crippen LogP contribution in [0.25, 0.3) is 32.1 Å². The number of benzene rings is 2. The molecule has 196 valence electrons. The van der Waals surface area contributed by atoms with Crippen LogP contribution >= 0.6 is 11.3 Å². The molecule has 0 amide bonds. The van der Waals surface area contributed by atoms with E-state index in [1.807, 2.05) is 0 Å². The van der Waals surface area contributed by atoms with Crippen LogP contribution in [0.4, 0.5) is 0 Å². The van der Waals surface area contributed by atoms with E-state index in [1.165, 1.54) is 69.8 Å². The molecule has 1 fully saturated rings. The van der Waals surface area contributed by atoms with Crippen molar-refractivity contribution in [2.45, 2.75) is 110 Å². The van der Waals surface area contributed by atoms with Crippen LogP contribution in [0.15, 0.2) is 48.7 Å². The van der Waals surface area contributed by atoms with Gasteiger partial charge in [0, 0.05) is 11.8 Å². The number of hydrogen-bond acceptors (Lipinski definition) is 2. The van der Waals surface area contributed by atoms with Gasteiger partial charge in [0.1, 0.15) is 8.07 Å². The largest absolute Gasteiger partial charge is 0.255 e. The summed E-state index contributed by atoms with van der Waals surface area (Å²) >= 11 is 2.12. The number of nitrogens with zero attached hydrogens (tertiary/aromatic N) is 1. The number of rotatable bonds is 5. The van der Waals surface area contributed by atoms with Gasteiger partial charge in [-0.25, -0.2) is 0 Å². The van der Waals surface area contributed by atoms with Crippen molar-refractivity contribution in [2.24, 2.45) is 0 Å². The van der Waals surface area contributed by atoms with Gasteiger partial charge in [0.2, 0.25) is 0 Å². The summed E-state index contributed by atoms with van der Waals surface area (Å²) < 4.78 is 3.17. The maximum Gasteiger partial charge on any atom is 0.108 e. The SMILES string of the molecule is Cc1c([Si](C(C)C)(C(C)C)C2CCCCC2)sc2c(-c3cc(C(C)(C)C)c4ccccc4c3)nccc12. The fourth-order valence-electron chi connectivity index (χ4n) is 7.73. The summed E-state index contributed by atoms with van der Waals surface area (Å²) in [5, 5.41) is 4.11. The standard InChI is InChI=1S/C34H45NSSi/c1-22(2)37(23(3)4,27-15-10-9-11-16-27)33-24(5)28-18-19-35-31(32(28)36-33)26-20-25-14-12-13-17-29(25)30(21-26)34(6,7)8/h12-14,17-23,27H,9-11,15-16H2,1-8H3. The Hall–Kier alpha value is -1.97. The molecule has 0 aliphatic heterocycles.